The van der Waals surface area contributed by atoms with Crippen LogP contribution in [0.25, 0.3) is 11.0 Å². The number of nitrogens with zero attached hydrogens (tertiary/aromatic N) is 2. The highest BCUT2D eigenvalue weighted by molar-refractivity contribution is 6.07. The topological polar surface area (TPSA) is 126 Å². The van der Waals surface area contributed by atoms with Crippen molar-refractivity contribution in [1.29, 1.82) is 0 Å². The van der Waals surface area contributed by atoms with E-state index in [1.807, 2.05) is 0 Å². The quantitative estimate of drug-likeness (QED) is 0.483. The predicted molar refractivity (Wildman–Crippen MR) is 68.0 cm³/mol. The minimum absolute atomic E-state index is 0.0525. The maximum atomic E-state index is 11.9. The molecule has 0 saturated carbocycles. The number of carbonyl (C=O) groups is 1. The summed E-state index contributed by atoms with van der Waals surface area (Å²) in [4.78, 5) is 32.5. The lowest BCUT2D eigenvalue weighted by Gasteiger charge is -2.06. The largest absolute Gasteiger partial charge is 0.453 e. The number of ether oxygens (including phenoxy) is 1. The highest BCUT2D eigenvalue weighted by atomic mass is 16.6. The summed E-state index contributed by atoms with van der Waals surface area (Å²) < 4.78 is 10.1. The molecule has 9 heteroatoms. The van der Waals surface area contributed by atoms with Crippen molar-refractivity contribution < 1.29 is 23.8 Å². The van der Waals surface area contributed by atoms with Gasteiger partial charge in [-0.05, 0) is 6.42 Å². The first-order valence-corrected chi connectivity index (χ1v) is 6.04. The number of carbonyl (C=O) groups excluding carboxylic acids is 1. The number of hydrogen-bond donors (Lipinski definition) is 0. The van der Waals surface area contributed by atoms with Crippen LogP contribution in [0.2, 0.25) is 0 Å². The number of nitro groups is 2. The van der Waals surface area contributed by atoms with Gasteiger partial charge >= 0.3 is 11.9 Å². The molecule has 0 N–H and O–H groups in total. The van der Waals surface area contributed by atoms with Crippen molar-refractivity contribution in [1.82, 2.24) is 0 Å². The number of hydrogen-bond acceptors (Lipinski definition) is 7. The fourth-order valence-electron chi connectivity index (χ4n) is 2.47. The number of furan rings is 1. The SMILES string of the molecule is CC[C@H]1OC(=O)c2c1c([N+](=O)[O-])cc1cc([N+](=O)[O-])oc21. The van der Waals surface area contributed by atoms with E-state index in [1.165, 1.54) is 0 Å². The first-order chi connectivity index (χ1) is 9.93. The van der Waals surface area contributed by atoms with E-state index >= 15 is 0 Å². The highest BCUT2D eigenvalue weighted by Crippen LogP contribution is 2.44. The van der Waals surface area contributed by atoms with Crippen LogP contribution >= 0.6 is 0 Å². The second-order valence-electron chi connectivity index (χ2n) is 4.50. The van der Waals surface area contributed by atoms with Crippen molar-refractivity contribution in [2.24, 2.45) is 0 Å². The summed E-state index contributed by atoms with van der Waals surface area (Å²) >= 11 is 0. The van der Waals surface area contributed by atoms with E-state index in [1.54, 1.807) is 6.92 Å². The molecule has 0 spiro atoms. The van der Waals surface area contributed by atoms with Crippen molar-refractivity contribution >= 4 is 28.5 Å². The molecule has 21 heavy (non-hydrogen) atoms. The van der Waals surface area contributed by atoms with Crippen LogP contribution in [0.1, 0.15) is 35.4 Å². The first-order valence-electron chi connectivity index (χ1n) is 6.04. The molecule has 0 aliphatic carbocycles. The van der Waals surface area contributed by atoms with E-state index in [0.29, 0.717) is 6.42 Å². The number of rotatable bonds is 3. The van der Waals surface area contributed by atoms with E-state index in [2.05, 4.69) is 0 Å². The molecule has 1 aromatic carbocycles. The molecule has 2 aromatic rings. The van der Waals surface area contributed by atoms with Gasteiger partial charge in [0.1, 0.15) is 16.6 Å². The van der Waals surface area contributed by atoms with Gasteiger partial charge in [0, 0.05) is 11.5 Å². The Morgan fingerprint density at radius 2 is 1.95 bits per heavy atom. The Labute approximate surface area is 116 Å². The van der Waals surface area contributed by atoms with Crippen molar-refractivity contribution in [3.05, 3.63) is 43.5 Å². The normalized spacial score (nSPS) is 16.8. The van der Waals surface area contributed by atoms with Crippen molar-refractivity contribution in [3.8, 4) is 0 Å². The Kier molecular flexibility index (Phi) is 2.65. The van der Waals surface area contributed by atoms with Crippen LogP contribution in [-0.4, -0.2) is 15.8 Å². The third-order valence-corrected chi connectivity index (χ3v) is 3.34. The smallest absolute Gasteiger partial charge is 0.434 e. The molecule has 0 amide bonds. The zero-order valence-corrected chi connectivity index (χ0v) is 10.7. The fourth-order valence-corrected chi connectivity index (χ4v) is 2.47. The van der Waals surface area contributed by atoms with E-state index in [-0.39, 0.29) is 27.8 Å². The lowest BCUT2D eigenvalue weighted by atomic mass is 9.99. The summed E-state index contributed by atoms with van der Waals surface area (Å²) in [6, 6.07) is 2.21. The molecule has 2 heterocycles. The Morgan fingerprint density at radius 3 is 2.52 bits per heavy atom. The van der Waals surface area contributed by atoms with Crippen LogP contribution in [-0.2, 0) is 4.74 Å². The molecule has 9 nitrogen and oxygen atoms in total. The van der Waals surface area contributed by atoms with Gasteiger partial charge in [0.2, 0.25) is 0 Å². The van der Waals surface area contributed by atoms with Crippen LogP contribution in [0, 0.1) is 20.2 Å². The standard InChI is InChI=1S/C12H8N2O7/c1-2-7-9-6(13(16)17)3-5-4-8(14(18)19)21-11(5)10(9)12(15)20-7/h3-4,7H,2H2,1H3/t7-/m1/s1. The van der Waals surface area contributed by atoms with Crippen LogP contribution in [0.5, 0.6) is 0 Å². The summed E-state index contributed by atoms with van der Waals surface area (Å²) in [5.41, 5.74) is -0.336. The molecule has 0 radical (unpaired) electrons. The second-order valence-corrected chi connectivity index (χ2v) is 4.50. The Morgan fingerprint density at radius 1 is 1.24 bits per heavy atom. The Balaban J connectivity index is 2.41. The average molecular weight is 292 g/mol. The van der Waals surface area contributed by atoms with E-state index in [4.69, 9.17) is 9.15 Å². The third-order valence-electron chi connectivity index (χ3n) is 3.34. The van der Waals surface area contributed by atoms with Gasteiger partial charge in [0.15, 0.2) is 5.58 Å². The maximum Gasteiger partial charge on any atom is 0.434 e. The molecular formula is C12H8N2O7. The molecule has 0 bridgehead atoms. The van der Waals surface area contributed by atoms with Crippen LogP contribution in [0.4, 0.5) is 11.6 Å². The molecular weight excluding hydrogens is 284 g/mol. The van der Waals surface area contributed by atoms with E-state index in [0.717, 1.165) is 12.1 Å². The Bertz CT molecular complexity index is 808. The monoisotopic (exact) mass is 292 g/mol. The number of fused-ring (bicyclic) bond motifs is 3. The van der Waals surface area contributed by atoms with Crippen molar-refractivity contribution in [3.63, 3.8) is 0 Å². The summed E-state index contributed by atoms with van der Waals surface area (Å²) in [5.74, 6) is -1.35. The van der Waals surface area contributed by atoms with Crippen LogP contribution in [0.15, 0.2) is 16.5 Å². The van der Waals surface area contributed by atoms with Gasteiger partial charge in [0.25, 0.3) is 5.69 Å². The minimum atomic E-state index is -0.769. The molecule has 1 aliphatic rings. The van der Waals surface area contributed by atoms with E-state index < -0.39 is 27.8 Å². The number of cyclic esters (lactones) is 1. The van der Waals surface area contributed by atoms with Crippen molar-refractivity contribution in [2.75, 3.05) is 0 Å². The molecule has 0 saturated heterocycles. The van der Waals surface area contributed by atoms with Crippen molar-refractivity contribution in [2.45, 2.75) is 19.4 Å². The molecule has 1 aliphatic heterocycles. The summed E-state index contributed by atoms with van der Waals surface area (Å²) in [5, 5.41) is 22.1. The Hall–Kier alpha value is -2.97. The molecule has 0 unspecified atom stereocenters. The summed E-state index contributed by atoms with van der Waals surface area (Å²) in [6.45, 7) is 1.71. The van der Waals surface area contributed by atoms with Gasteiger partial charge < -0.3 is 9.15 Å². The molecule has 1 atom stereocenters. The van der Waals surface area contributed by atoms with Gasteiger partial charge in [-0.3, -0.25) is 20.2 Å². The minimum Gasteiger partial charge on any atom is -0.453 e. The van der Waals surface area contributed by atoms with Gasteiger partial charge in [-0.15, -0.1) is 0 Å². The zero-order chi connectivity index (χ0) is 15.3. The van der Waals surface area contributed by atoms with Crippen LogP contribution in [0.3, 0.4) is 0 Å². The molecule has 1 aromatic heterocycles. The molecule has 0 fully saturated rings. The number of benzene rings is 1. The zero-order valence-electron chi connectivity index (χ0n) is 10.7. The van der Waals surface area contributed by atoms with Gasteiger partial charge in [-0.1, -0.05) is 6.92 Å². The molecule has 3 rings (SSSR count). The first kappa shape index (κ1) is 13.0. The highest BCUT2D eigenvalue weighted by Gasteiger charge is 2.40. The predicted octanol–water partition coefficient (Wildman–Crippen LogP) is 2.87. The average Bonchev–Trinajstić information content (AvgIpc) is 2.98. The second kappa shape index (κ2) is 4.27. The third kappa shape index (κ3) is 1.74. The lowest BCUT2D eigenvalue weighted by molar-refractivity contribution is -0.401. The van der Waals surface area contributed by atoms with Gasteiger partial charge in [-0.25, -0.2) is 4.79 Å². The van der Waals surface area contributed by atoms with Crippen LogP contribution < -0.4 is 0 Å². The van der Waals surface area contributed by atoms with Gasteiger partial charge in [0.05, 0.1) is 16.6 Å². The molecule has 108 valence electrons. The fraction of sp³-hybridized carbons (Fsp3) is 0.250. The van der Waals surface area contributed by atoms with Gasteiger partial charge in [-0.2, -0.15) is 0 Å². The summed E-state index contributed by atoms with van der Waals surface area (Å²) in [7, 11) is 0. The summed E-state index contributed by atoms with van der Waals surface area (Å²) in [6.07, 6.45) is -0.394. The lowest BCUT2D eigenvalue weighted by Crippen LogP contribution is -1.99. The maximum absolute atomic E-state index is 11.9. The van der Waals surface area contributed by atoms with E-state index in [9.17, 15) is 25.0 Å². The number of esters is 1. The number of nitro benzene ring substituents is 1.